The normalized spacial score (nSPS) is 12.2. The van der Waals surface area contributed by atoms with Crippen LogP contribution in [0.25, 0.3) is 0 Å². The van der Waals surface area contributed by atoms with Crippen LogP contribution in [0.4, 0.5) is 0 Å². The molecular weight excluding hydrogens is 296 g/mol. The molecule has 3 nitrogen and oxygen atoms in total. The second-order valence-corrected chi connectivity index (χ2v) is 6.46. The number of benzene rings is 2. The molecule has 0 aliphatic carbocycles. The summed E-state index contributed by atoms with van der Waals surface area (Å²) >= 11 is 0. The summed E-state index contributed by atoms with van der Waals surface area (Å²) in [6.07, 6.45) is 1.05. The van der Waals surface area contributed by atoms with Gasteiger partial charge in [0.1, 0.15) is 0 Å². The fourth-order valence-corrected chi connectivity index (χ4v) is 2.55. The van der Waals surface area contributed by atoms with Crippen LogP contribution in [0, 0.1) is 6.92 Å². The van der Waals surface area contributed by atoms with Gasteiger partial charge in [0.2, 0.25) is 5.91 Å². The fourth-order valence-electron chi connectivity index (χ4n) is 2.55. The van der Waals surface area contributed by atoms with E-state index in [1.54, 1.807) is 0 Å². The van der Waals surface area contributed by atoms with Crippen molar-refractivity contribution in [2.75, 3.05) is 7.05 Å². The van der Waals surface area contributed by atoms with Crippen molar-refractivity contribution in [2.24, 2.45) is 0 Å². The maximum atomic E-state index is 12.4. The highest BCUT2D eigenvalue weighted by Crippen LogP contribution is 2.10. The minimum Gasteiger partial charge on any atom is -0.351 e. The van der Waals surface area contributed by atoms with E-state index in [-0.39, 0.29) is 11.9 Å². The summed E-state index contributed by atoms with van der Waals surface area (Å²) in [6, 6.07) is 16.7. The maximum Gasteiger partial charge on any atom is 0.237 e. The minimum atomic E-state index is -0.165. The molecule has 2 aromatic rings. The lowest BCUT2D eigenvalue weighted by atomic mass is 10.1. The largest absolute Gasteiger partial charge is 0.351 e. The Morgan fingerprint density at radius 3 is 2.12 bits per heavy atom. The topological polar surface area (TPSA) is 32.3 Å². The smallest absolute Gasteiger partial charge is 0.237 e. The highest BCUT2D eigenvalue weighted by Gasteiger charge is 2.17. The Kier molecular flexibility index (Phi) is 6.56. The molecule has 1 N–H and O–H groups in total. The van der Waals surface area contributed by atoms with Crippen molar-refractivity contribution in [1.82, 2.24) is 10.2 Å². The van der Waals surface area contributed by atoms with Gasteiger partial charge in [-0.05, 0) is 44.0 Å². The number of nitrogens with one attached hydrogen (secondary N) is 1. The number of carbonyl (C=O) groups is 1. The monoisotopic (exact) mass is 324 g/mol. The molecule has 0 aliphatic heterocycles. The lowest BCUT2D eigenvalue weighted by Gasteiger charge is -2.24. The third-order valence-electron chi connectivity index (χ3n) is 4.49. The molecule has 0 saturated carbocycles. The second kappa shape index (κ2) is 8.65. The van der Waals surface area contributed by atoms with Gasteiger partial charge in [0.15, 0.2) is 0 Å². The van der Waals surface area contributed by atoms with E-state index < -0.39 is 0 Å². The Labute approximate surface area is 145 Å². The summed E-state index contributed by atoms with van der Waals surface area (Å²) < 4.78 is 0. The predicted octanol–water partition coefficient (Wildman–Crippen LogP) is 3.69. The van der Waals surface area contributed by atoms with Gasteiger partial charge in [-0.3, -0.25) is 9.69 Å². The Morgan fingerprint density at radius 1 is 1.00 bits per heavy atom. The van der Waals surface area contributed by atoms with Gasteiger partial charge in [-0.25, -0.2) is 0 Å². The summed E-state index contributed by atoms with van der Waals surface area (Å²) in [5.74, 6) is 0.0586. The Bertz CT molecular complexity index is 647. The standard InChI is InChI=1S/C21H28N2O/c1-5-18-10-12-20(13-11-18)15-23(4)17(3)21(24)22-14-19-8-6-16(2)7-9-19/h6-13,17H,5,14-15H2,1-4H3,(H,22,24). The number of amides is 1. The SMILES string of the molecule is CCc1ccc(CN(C)C(C)C(=O)NCc2ccc(C)cc2)cc1. The fraction of sp³-hybridized carbons (Fsp3) is 0.381. The van der Waals surface area contributed by atoms with Crippen molar-refractivity contribution in [3.63, 3.8) is 0 Å². The first kappa shape index (κ1) is 18.2. The second-order valence-electron chi connectivity index (χ2n) is 6.46. The summed E-state index contributed by atoms with van der Waals surface area (Å²) in [6.45, 7) is 7.50. The molecule has 2 rings (SSSR count). The summed E-state index contributed by atoms with van der Waals surface area (Å²) in [5.41, 5.74) is 4.92. The van der Waals surface area contributed by atoms with Gasteiger partial charge in [-0.2, -0.15) is 0 Å². The van der Waals surface area contributed by atoms with Gasteiger partial charge in [-0.1, -0.05) is 61.0 Å². The zero-order chi connectivity index (χ0) is 17.5. The Balaban J connectivity index is 1.85. The summed E-state index contributed by atoms with van der Waals surface area (Å²) in [5, 5.41) is 3.02. The highest BCUT2D eigenvalue weighted by molar-refractivity contribution is 5.81. The van der Waals surface area contributed by atoms with Crippen LogP contribution in [0.3, 0.4) is 0 Å². The first-order valence-electron chi connectivity index (χ1n) is 8.61. The Morgan fingerprint density at radius 2 is 1.54 bits per heavy atom. The van der Waals surface area contributed by atoms with Crippen molar-refractivity contribution < 1.29 is 4.79 Å². The number of hydrogen-bond acceptors (Lipinski definition) is 2. The molecule has 1 amide bonds. The van der Waals surface area contributed by atoms with Crippen molar-refractivity contribution in [3.05, 3.63) is 70.8 Å². The van der Waals surface area contributed by atoms with Crippen LogP contribution >= 0.6 is 0 Å². The van der Waals surface area contributed by atoms with Crippen LogP contribution in [-0.2, 0) is 24.3 Å². The van der Waals surface area contributed by atoms with Crippen LogP contribution < -0.4 is 5.32 Å². The van der Waals surface area contributed by atoms with Gasteiger partial charge in [-0.15, -0.1) is 0 Å². The van der Waals surface area contributed by atoms with Crippen molar-refractivity contribution in [1.29, 1.82) is 0 Å². The molecule has 2 aromatic carbocycles. The first-order chi connectivity index (χ1) is 11.5. The van der Waals surface area contributed by atoms with Gasteiger partial charge in [0.25, 0.3) is 0 Å². The molecule has 0 radical (unpaired) electrons. The van der Waals surface area contributed by atoms with Gasteiger partial charge < -0.3 is 5.32 Å². The predicted molar refractivity (Wildman–Crippen MR) is 99.8 cm³/mol. The zero-order valence-corrected chi connectivity index (χ0v) is 15.2. The van der Waals surface area contributed by atoms with E-state index in [2.05, 4.69) is 72.6 Å². The van der Waals surface area contributed by atoms with E-state index in [9.17, 15) is 4.79 Å². The molecule has 0 fully saturated rings. The van der Waals surface area contributed by atoms with E-state index in [0.29, 0.717) is 6.54 Å². The van der Waals surface area contributed by atoms with Gasteiger partial charge >= 0.3 is 0 Å². The Hall–Kier alpha value is -2.13. The van der Waals surface area contributed by atoms with Crippen molar-refractivity contribution >= 4 is 5.91 Å². The number of hydrogen-bond donors (Lipinski definition) is 1. The van der Waals surface area contributed by atoms with Crippen LogP contribution in [-0.4, -0.2) is 23.9 Å². The van der Waals surface area contributed by atoms with E-state index in [1.807, 2.05) is 14.0 Å². The van der Waals surface area contributed by atoms with Crippen molar-refractivity contribution in [2.45, 2.75) is 46.3 Å². The van der Waals surface area contributed by atoms with Gasteiger partial charge in [0, 0.05) is 13.1 Å². The molecule has 0 bridgehead atoms. The van der Waals surface area contributed by atoms with Crippen LogP contribution in [0.2, 0.25) is 0 Å². The highest BCUT2D eigenvalue weighted by atomic mass is 16.2. The van der Waals surface area contributed by atoms with E-state index in [0.717, 1.165) is 18.5 Å². The first-order valence-corrected chi connectivity index (χ1v) is 8.61. The number of carbonyl (C=O) groups excluding carboxylic acids is 1. The average molecular weight is 324 g/mol. The number of likely N-dealkylation sites (N-methyl/N-ethyl adjacent to an activating group) is 1. The summed E-state index contributed by atoms with van der Waals surface area (Å²) in [4.78, 5) is 14.4. The molecule has 3 heteroatoms. The molecule has 0 aliphatic rings. The van der Waals surface area contributed by atoms with Crippen LogP contribution in [0.15, 0.2) is 48.5 Å². The van der Waals surface area contributed by atoms with E-state index in [1.165, 1.54) is 16.7 Å². The van der Waals surface area contributed by atoms with Crippen LogP contribution in [0.5, 0.6) is 0 Å². The van der Waals surface area contributed by atoms with Crippen LogP contribution in [0.1, 0.15) is 36.1 Å². The molecule has 0 spiro atoms. The molecule has 128 valence electrons. The van der Waals surface area contributed by atoms with Gasteiger partial charge in [0.05, 0.1) is 6.04 Å². The quantitative estimate of drug-likeness (QED) is 0.842. The third-order valence-corrected chi connectivity index (χ3v) is 4.49. The average Bonchev–Trinajstić information content (AvgIpc) is 2.61. The van der Waals surface area contributed by atoms with E-state index in [4.69, 9.17) is 0 Å². The molecule has 0 aromatic heterocycles. The van der Waals surface area contributed by atoms with E-state index >= 15 is 0 Å². The molecule has 24 heavy (non-hydrogen) atoms. The minimum absolute atomic E-state index is 0.0586. The third kappa shape index (κ3) is 5.20. The number of nitrogens with zero attached hydrogens (tertiary/aromatic N) is 1. The number of rotatable bonds is 7. The maximum absolute atomic E-state index is 12.4. The zero-order valence-electron chi connectivity index (χ0n) is 15.2. The molecule has 0 saturated heterocycles. The lowest BCUT2D eigenvalue weighted by molar-refractivity contribution is -0.125. The van der Waals surface area contributed by atoms with Crippen molar-refractivity contribution in [3.8, 4) is 0 Å². The lowest BCUT2D eigenvalue weighted by Crippen LogP contribution is -2.42. The molecule has 1 unspecified atom stereocenters. The summed E-state index contributed by atoms with van der Waals surface area (Å²) in [7, 11) is 1.99. The molecule has 0 heterocycles. The number of aryl methyl sites for hydroxylation is 2. The molecular formula is C21H28N2O. The molecule has 1 atom stereocenters.